The van der Waals surface area contributed by atoms with Crippen LogP contribution < -0.4 is 10.3 Å². The van der Waals surface area contributed by atoms with Gasteiger partial charge < -0.3 is 19.2 Å². The minimum absolute atomic E-state index is 0.00747. The molecule has 1 N–H and O–H groups in total. The standard InChI is InChI=1S/C20H19NO4/c22-13-14-2-1-3-15(10-14)16-4-5-19-17(11-16)18(23)12-20(25-19)21-6-8-24-9-7-21/h1-5,10-12,22H,6-9,13H2. The summed E-state index contributed by atoms with van der Waals surface area (Å²) in [5.74, 6) is 0.593. The molecule has 0 unspecified atom stereocenters. The molecule has 1 aromatic heterocycles. The quantitative estimate of drug-likeness (QED) is 0.796. The monoisotopic (exact) mass is 337 g/mol. The van der Waals surface area contributed by atoms with Crippen molar-refractivity contribution < 1.29 is 14.3 Å². The van der Waals surface area contributed by atoms with Crippen LogP contribution in [0.1, 0.15) is 5.56 Å². The van der Waals surface area contributed by atoms with Crippen molar-refractivity contribution in [3.63, 3.8) is 0 Å². The third-order valence-electron chi connectivity index (χ3n) is 4.48. The van der Waals surface area contributed by atoms with Gasteiger partial charge in [-0.2, -0.15) is 0 Å². The van der Waals surface area contributed by atoms with Gasteiger partial charge in [0.15, 0.2) is 11.3 Å². The Kier molecular flexibility index (Phi) is 4.26. The van der Waals surface area contributed by atoms with E-state index in [0.717, 1.165) is 29.8 Å². The van der Waals surface area contributed by atoms with Crippen molar-refractivity contribution in [3.05, 3.63) is 64.3 Å². The van der Waals surface area contributed by atoms with Crippen LogP contribution in [0.2, 0.25) is 0 Å². The molecule has 1 aliphatic heterocycles. The molecular formula is C20H19NO4. The van der Waals surface area contributed by atoms with Crippen molar-refractivity contribution in [2.75, 3.05) is 31.2 Å². The highest BCUT2D eigenvalue weighted by Gasteiger charge is 2.15. The lowest BCUT2D eigenvalue weighted by Gasteiger charge is -2.27. The number of nitrogens with zero attached hydrogens (tertiary/aromatic N) is 1. The van der Waals surface area contributed by atoms with Crippen molar-refractivity contribution in [1.29, 1.82) is 0 Å². The van der Waals surface area contributed by atoms with Gasteiger partial charge in [-0.1, -0.05) is 24.3 Å². The molecule has 25 heavy (non-hydrogen) atoms. The van der Waals surface area contributed by atoms with Crippen molar-refractivity contribution in [2.24, 2.45) is 0 Å². The molecule has 0 saturated carbocycles. The molecule has 0 bridgehead atoms. The normalized spacial score (nSPS) is 14.8. The smallest absolute Gasteiger partial charge is 0.200 e. The zero-order chi connectivity index (χ0) is 17.2. The highest BCUT2D eigenvalue weighted by Crippen LogP contribution is 2.26. The molecule has 5 nitrogen and oxygen atoms in total. The Morgan fingerprint density at radius 2 is 1.80 bits per heavy atom. The van der Waals surface area contributed by atoms with Crippen LogP contribution in [0.25, 0.3) is 22.1 Å². The van der Waals surface area contributed by atoms with Crippen LogP contribution in [0.5, 0.6) is 0 Å². The minimum atomic E-state index is -0.0529. The average molecular weight is 337 g/mol. The molecule has 0 radical (unpaired) electrons. The Hall–Kier alpha value is -2.63. The molecule has 128 valence electrons. The molecule has 0 aliphatic carbocycles. The van der Waals surface area contributed by atoms with E-state index in [1.807, 2.05) is 47.4 Å². The molecular weight excluding hydrogens is 318 g/mol. The third kappa shape index (κ3) is 3.16. The van der Waals surface area contributed by atoms with E-state index in [0.29, 0.717) is 30.1 Å². The first-order valence-electron chi connectivity index (χ1n) is 8.35. The maximum Gasteiger partial charge on any atom is 0.200 e. The SMILES string of the molecule is O=c1cc(N2CCOCC2)oc2ccc(-c3cccc(CO)c3)cc12. The summed E-state index contributed by atoms with van der Waals surface area (Å²) in [5, 5.41) is 9.86. The number of aliphatic hydroxyl groups excluding tert-OH is 1. The Morgan fingerprint density at radius 1 is 1.00 bits per heavy atom. The Morgan fingerprint density at radius 3 is 2.60 bits per heavy atom. The van der Waals surface area contributed by atoms with Gasteiger partial charge in [-0.15, -0.1) is 0 Å². The van der Waals surface area contributed by atoms with Crippen LogP contribution >= 0.6 is 0 Å². The summed E-state index contributed by atoms with van der Waals surface area (Å²) < 4.78 is 11.3. The summed E-state index contributed by atoms with van der Waals surface area (Å²) in [6, 6.07) is 14.8. The van der Waals surface area contributed by atoms with Gasteiger partial charge in [-0.3, -0.25) is 4.79 Å². The molecule has 0 amide bonds. The first-order chi connectivity index (χ1) is 12.2. The van der Waals surface area contributed by atoms with E-state index in [1.54, 1.807) is 6.07 Å². The molecule has 2 heterocycles. The molecule has 0 spiro atoms. The minimum Gasteiger partial charge on any atom is -0.440 e. The third-order valence-corrected chi connectivity index (χ3v) is 4.48. The van der Waals surface area contributed by atoms with Gasteiger partial charge in [-0.05, 0) is 34.9 Å². The molecule has 4 rings (SSSR count). The largest absolute Gasteiger partial charge is 0.440 e. The Balaban J connectivity index is 1.76. The fourth-order valence-electron chi connectivity index (χ4n) is 3.11. The van der Waals surface area contributed by atoms with Crippen molar-refractivity contribution in [3.8, 4) is 11.1 Å². The van der Waals surface area contributed by atoms with Gasteiger partial charge in [0.2, 0.25) is 0 Å². The molecule has 1 aliphatic rings. The molecule has 1 saturated heterocycles. The highest BCUT2D eigenvalue weighted by molar-refractivity contribution is 5.84. The Bertz CT molecular complexity index is 957. The maximum atomic E-state index is 12.6. The summed E-state index contributed by atoms with van der Waals surface area (Å²) in [7, 11) is 0. The predicted octanol–water partition coefficient (Wildman–Crippen LogP) is 2.79. The van der Waals surface area contributed by atoms with E-state index in [4.69, 9.17) is 9.15 Å². The van der Waals surface area contributed by atoms with E-state index < -0.39 is 0 Å². The van der Waals surface area contributed by atoms with Gasteiger partial charge >= 0.3 is 0 Å². The van der Waals surface area contributed by atoms with Crippen molar-refractivity contribution in [1.82, 2.24) is 0 Å². The van der Waals surface area contributed by atoms with E-state index in [-0.39, 0.29) is 12.0 Å². The van der Waals surface area contributed by atoms with Crippen molar-refractivity contribution >= 4 is 16.9 Å². The van der Waals surface area contributed by atoms with Crippen LogP contribution in [0, 0.1) is 0 Å². The van der Waals surface area contributed by atoms with E-state index in [9.17, 15) is 9.90 Å². The van der Waals surface area contributed by atoms with E-state index in [1.165, 1.54) is 0 Å². The van der Waals surface area contributed by atoms with E-state index >= 15 is 0 Å². The second-order valence-electron chi connectivity index (χ2n) is 6.12. The van der Waals surface area contributed by atoms with Gasteiger partial charge in [0, 0.05) is 19.2 Å². The second-order valence-corrected chi connectivity index (χ2v) is 6.12. The maximum absolute atomic E-state index is 12.6. The number of anilines is 1. The molecule has 2 aromatic carbocycles. The lowest BCUT2D eigenvalue weighted by Crippen LogP contribution is -2.36. The zero-order valence-electron chi connectivity index (χ0n) is 13.8. The first-order valence-corrected chi connectivity index (χ1v) is 8.35. The number of benzene rings is 2. The van der Waals surface area contributed by atoms with Crippen LogP contribution in [-0.4, -0.2) is 31.4 Å². The van der Waals surface area contributed by atoms with Gasteiger partial charge in [0.05, 0.1) is 25.2 Å². The topological polar surface area (TPSA) is 62.9 Å². The lowest BCUT2D eigenvalue weighted by atomic mass is 10.0. The summed E-state index contributed by atoms with van der Waals surface area (Å²) in [6.45, 7) is 2.72. The van der Waals surface area contributed by atoms with Crippen LogP contribution in [0.4, 0.5) is 5.88 Å². The second kappa shape index (κ2) is 6.70. The lowest BCUT2D eigenvalue weighted by molar-refractivity contribution is 0.121. The van der Waals surface area contributed by atoms with E-state index in [2.05, 4.69) is 0 Å². The fourth-order valence-corrected chi connectivity index (χ4v) is 3.11. The highest BCUT2D eigenvalue weighted by atomic mass is 16.5. The zero-order valence-corrected chi connectivity index (χ0v) is 13.8. The van der Waals surface area contributed by atoms with Crippen molar-refractivity contribution in [2.45, 2.75) is 6.61 Å². The fraction of sp³-hybridized carbons (Fsp3) is 0.250. The number of fused-ring (bicyclic) bond motifs is 1. The summed E-state index contributed by atoms with van der Waals surface area (Å²) in [5.41, 5.74) is 3.26. The number of hydrogen-bond acceptors (Lipinski definition) is 5. The number of aliphatic hydroxyl groups is 1. The Labute approximate surface area is 145 Å². The summed E-state index contributed by atoms with van der Waals surface area (Å²) >= 11 is 0. The number of rotatable bonds is 3. The first kappa shape index (κ1) is 15.9. The molecule has 5 heteroatoms. The van der Waals surface area contributed by atoms with Gasteiger partial charge in [-0.25, -0.2) is 0 Å². The summed E-state index contributed by atoms with van der Waals surface area (Å²) in [4.78, 5) is 14.6. The summed E-state index contributed by atoms with van der Waals surface area (Å²) in [6.07, 6.45) is 0. The predicted molar refractivity (Wildman–Crippen MR) is 96.9 cm³/mol. The molecule has 0 atom stereocenters. The number of hydrogen-bond donors (Lipinski definition) is 1. The molecule has 3 aromatic rings. The number of morpholine rings is 1. The van der Waals surface area contributed by atoms with Crippen LogP contribution in [0.3, 0.4) is 0 Å². The van der Waals surface area contributed by atoms with Crippen LogP contribution in [-0.2, 0) is 11.3 Å². The van der Waals surface area contributed by atoms with Crippen LogP contribution in [0.15, 0.2) is 57.7 Å². The van der Waals surface area contributed by atoms with Gasteiger partial charge in [0.25, 0.3) is 0 Å². The number of ether oxygens (including phenoxy) is 1. The van der Waals surface area contributed by atoms with Gasteiger partial charge in [0.1, 0.15) is 5.58 Å². The molecule has 1 fully saturated rings. The average Bonchev–Trinajstić information content (AvgIpc) is 2.68.